The molecule has 1 aromatic rings. The van der Waals surface area contributed by atoms with Crippen LogP contribution in [0.25, 0.3) is 0 Å². The number of nitrogens with one attached hydrogen (secondary N) is 1. The predicted molar refractivity (Wildman–Crippen MR) is 71.5 cm³/mol. The minimum Gasteiger partial charge on any atom is -0.382 e. The van der Waals surface area contributed by atoms with Gasteiger partial charge in [-0.25, -0.2) is 0 Å². The number of nitro groups is 1. The largest absolute Gasteiger partial charge is 0.382 e. The maximum absolute atomic E-state index is 10.9. The predicted octanol–water partition coefficient (Wildman–Crippen LogP) is 2.12. The van der Waals surface area contributed by atoms with Crippen molar-refractivity contribution in [1.82, 2.24) is 0 Å². The minimum atomic E-state index is -0.370. The van der Waals surface area contributed by atoms with Crippen LogP contribution in [0.5, 0.6) is 0 Å². The number of ether oxygens (including phenoxy) is 2. The fraction of sp³-hybridized carbons (Fsp3) is 0.538. The van der Waals surface area contributed by atoms with Crippen molar-refractivity contribution in [3.63, 3.8) is 0 Å². The smallest absolute Gasteiger partial charge is 0.274 e. The zero-order valence-electron chi connectivity index (χ0n) is 11.1. The highest BCUT2D eigenvalue weighted by molar-refractivity contribution is 5.59. The SMILES string of the molecule is COC1(CNc2cccc([N+](=O)[O-])c2C)CCOC1. The molecule has 0 radical (unpaired) electrons. The van der Waals surface area contributed by atoms with E-state index in [0.717, 1.165) is 12.1 Å². The molecule has 6 heteroatoms. The molecule has 1 atom stereocenters. The first-order valence-corrected chi connectivity index (χ1v) is 6.19. The van der Waals surface area contributed by atoms with Gasteiger partial charge in [0.15, 0.2) is 0 Å². The van der Waals surface area contributed by atoms with E-state index in [-0.39, 0.29) is 16.2 Å². The summed E-state index contributed by atoms with van der Waals surface area (Å²) in [6.45, 7) is 3.55. The van der Waals surface area contributed by atoms with Gasteiger partial charge in [0.2, 0.25) is 0 Å². The van der Waals surface area contributed by atoms with Crippen LogP contribution in [0.2, 0.25) is 0 Å². The molecule has 1 saturated heterocycles. The van der Waals surface area contributed by atoms with Crippen LogP contribution in [0.1, 0.15) is 12.0 Å². The summed E-state index contributed by atoms with van der Waals surface area (Å²) in [7, 11) is 1.66. The van der Waals surface area contributed by atoms with E-state index in [1.54, 1.807) is 20.1 Å². The van der Waals surface area contributed by atoms with Crippen LogP contribution >= 0.6 is 0 Å². The lowest BCUT2D eigenvalue weighted by Gasteiger charge is -2.26. The summed E-state index contributed by atoms with van der Waals surface area (Å²) in [5, 5.41) is 14.1. The molecule has 6 nitrogen and oxygen atoms in total. The van der Waals surface area contributed by atoms with Crippen LogP contribution in [0, 0.1) is 17.0 Å². The van der Waals surface area contributed by atoms with E-state index in [0.29, 0.717) is 25.3 Å². The first-order valence-electron chi connectivity index (χ1n) is 6.19. The summed E-state index contributed by atoms with van der Waals surface area (Å²) < 4.78 is 10.9. The molecule has 104 valence electrons. The normalized spacial score (nSPS) is 22.4. The third-order valence-corrected chi connectivity index (χ3v) is 3.60. The Labute approximate surface area is 111 Å². The van der Waals surface area contributed by atoms with Gasteiger partial charge >= 0.3 is 0 Å². The van der Waals surface area contributed by atoms with Gasteiger partial charge in [-0.3, -0.25) is 10.1 Å². The van der Waals surface area contributed by atoms with Crippen LogP contribution in [0.4, 0.5) is 11.4 Å². The number of hydrogen-bond acceptors (Lipinski definition) is 5. The fourth-order valence-electron chi connectivity index (χ4n) is 2.23. The molecule has 2 rings (SSSR count). The summed E-state index contributed by atoms with van der Waals surface area (Å²) in [5.74, 6) is 0. The van der Waals surface area contributed by atoms with E-state index in [9.17, 15) is 10.1 Å². The van der Waals surface area contributed by atoms with Gasteiger partial charge in [-0.2, -0.15) is 0 Å². The van der Waals surface area contributed by atoms with Crippen molar-refractivity contribution < 1.29 is 14.4 Å². The molecule has 1 aliphatic rings. The van der Waals surface area contributed by atoms with E-state index in [1.165, 1.54) is 6.07 Å². The molecule has 0 saturated carbocycles. The minimum absolute atomic E-state index is 0.124. The quantitative estimate of drug-likeness (QED) is 0.652. The second-order valence-corrected chi connectivity index (χ2v) is 4.75. The highest BCUT2D eigenvalue weighted by Crippen LogP contribution is 2.27. The number of rotatable bonds is 5. The molecule has 1 fully saturated rings. The van der Waals surface area contributed by atoms with Gasteiger partial charge < -0.3 is 14.8 Å². The van der Waals surface area contributed by atoms with E-state index >= 15 is 0 Å². The van der Waals surface area contributed by atoms with Crippen LogP contribution in [0.3, 0.4) is 0 Å². The zero-order valence-corrected chi connectivity index (χ0v) is 11.1. The Hall–Kier alpha value is -1.66. The van der Waals surface area contributed by atoms with Crippen molar-refractivity contribution >= 4 is 11.4 Å². The average molecular weight is 266 g/mol. The highest BCUT2D eigenvalue weighted by atomic mass is 16.6. The van der Waals surface area contributed by atoms with Gasteiger partial charge in [-0.05, 0) is 13.0 Å². The first kappa shape index (κ1) is 13.8. The molecular weight excluding hydrogens is 248 g/mol. The molecule has 1 N–H and O–H groups in total. The summed E-state index contributed by atoms with van der Waals surface area (Å²) in [5.41, 5.74) is 1.19. The zero-order chi connectivity index (χ0) is 13.9. The third kappa shape index (κ3) is 2.85. The van der Waals surface area contributed by atoms with Crippen molar-refractivity contribution in [2.24, 2.45) is 0 Å². The molecule has 0 amide bonds. The van der Waals surface area contributed by atoms with Gasteiger partial charge in [0.1, 0.15) is 5.60 Å². The van der Waals surface area contributed by atoms with Gasteiger partial charge in [-0.1, -0.05) is 6.07 Å². The number of anilines is 1. The van der Waals surface area contributed by atoms with E-state index in [4.69, 9.17) is 9.47 Å². The molecule has 1 aliphatic heterocycles. The molecule has 0 aromatic heterocycles. The van der Waals surface area contributed by atoms with Crippen LogP contribution in [-0.2, 0) is 9.47 Å². The average Bonchev–Trinajstić information content (AvgIpc) is 2.87. The summed E-state index contributed by atoms with van der Waals surface area (Å²) in [6, 6.07) is 5.02. The Morgan fingerprint density at radius 1 is 1.58 bits per heavy atom. The van der Waals surface area contributed by atoms with Crippen molar-refractivity contribution in [2.45, 2.75) is 18.9 Å². The Balaban J connectivity index is 2.11. The van der Waals surface area contributed by atoms with Gasteiger partial charge in [-0.15, -0.1) is 0 Å². The first-order chi connectivity index (χ1) is 9.08. The fourth-order valence-corrected chi connectivity index (χ4v) is 2.23. The monoisotopic (exact) mass is 266 g/mol. The van der Waals surface area contributed by atoms with Gasteiger partial charge in [0.25, 0.3) is 5.69 Å². The van der Waals surface area contributed by atoms with Crippen molar-refractivity contribution in [3.8, 4) is 0 Å². The molecule has 19 heavy (non-hydrogen) atoms. The lowest BCUT2D eigenvalue weighted by Crippen LogP contribution is -2.39. The molecule has 0 spiro atoms. The number of nitro benzene ring substituents is 1. The lowest BCUT2D eigenvalue weighted by molar-refractivity contribution is -0.385. The van der Waals surface area contributed by atoms with E-state index in [2.05, 4.69) is 5.32 Å². The number of benzene rings is 1. The Kier molecular flexibility index (Phi) is 4.01. The summed E-state index contributed by atoms with van der Waals surface area (Å²) in [6.07, 6.45) is 0.824. The topological polar surface area (TPSA) is 73.6 Å². The molecular formula is C13H18N2O4. The van der Waals surface area contributed by atoms with Gasteiger partial charge in [0, 0.05) is 44.0 Å². The Bertz CT molecular complexity index is 470. The highest BCUT2D eigenvalue weighted by Gasteiger charge is 2.34. The maximum atomic E-state index is 10.9. The van der Waals surface area contributed by atoms with Crippen LogP contribution in [-0.4, -0.2) is 37.4 Å². The molecule has 0 aliphatic carbocycles. The molecule has 1 unspecified atom stereocenters. The third-order valence-electron chi connectivity index (χ3n) is 3.60. The maximum Gasteiger partial charge on any atom is 0.274 e. The molecule has 0 bridgehead atoms. The lowest BCUT2D eigenvalue weighted by atomic mass is 10.0. The van der Waals surface area contributed by atoms with Crippen LogP contribution in [0.15, 0.2) is 18.2 Å². The summed E-state index contributed by atoms with van der Waals surface area (Å²) in [4.78, 5) is 10.5. The molecule has 1 heterocycles. The number of methoxy groups -OCH3 is 1. The van der Waals surface area contributed by atoms with Crippen molar-refractivity contribution in [3.05, 3.63) is 33.9 Å². The number of nitrogens with zero attached hydrogens (tertiary/aromatic N) is 1. The van der Waals surface area contributed by atoms with Crippen LogP contribution < -0.4 is 5.32 Å². The second-order valence-electron chi connectivity index (χ2n) is 4.75. The second kappa shape index (κ2) is 5.54. The van der Waals surface area contributed by atoms with Crippen molar-refractivity contribution in [1.29, 1.82) is 0 Å². The number of hydrogen-bond donors (Lipinski definition) is 1. The standard InChI is InChI=1S/C13H18N2O4/c1-10-11(4-3-5-12(10)15(16)17)14-8-13(18-2)6-7-19-9-13/h3-5,14H,6-9H2,1-2H3. The molecule has 1 aromatic carbocycles. The summed E-state index contributed by atoms with van der Waals surface area (Å²) >= 11 is 0. The Morgan fingerprint density at radius 2 is 2.37 bits per heavy atom. The van der Waals surface area contributed by atoms with E-state index in [1.807, 2.05) is 6.07 Å². The Morgan fingerprint density at radius 3 is 2.95 bits per heavy atom. The van der Waals surface area contributed by atoms with Gasteiger partial charge in [0.05, 0.1) is 11.5 Å². The van der Waals surface area contributed by atoms with Crippen molar-refractivity contribution in [2.75, 3.05) is 32.2 Å². The van der Waals surface area contributed by atoms with E-state index < -0.39 is 0 Å².